The number of methoxy groups -OCH3 is 2. The number of hydrogen-bond acceptors (Lipinski definition) is 9. The zero-order chi connectivity index (χ0) is 29.4. The number of rotatable bonds is 8. The zero-order valence-electron chi connectivity index (χ0n) is 25.0. The van der Waals surface area contributed by atoms with Crippen LogP contribution in [0.5, 0.6) is 11.5 Å². The van der Waals surface area contributed by atoms with Crippen LogP contribution in [0.4, 0.5) is 11.8 Å². The van der Waals surface area contributed by atoms with Gasteiger partial charge >= 0.3 is 5.69 Å². The normalized spacial score (nSPS) is 14.3. The second kappa shape index (κ2) is 11.4. The Morgan fingerprint density at radius 1 is 0.927 bits per heavy atom. The second-order valence-corrected chi connectivity index (χ2v) is 11.1. The fraction of sp³-hybridized carbons (Fsp3) is 0.467. The average molecular weight is 562 g/mol. The number of aryl methyl sites for hydroxylation is 2. The van der Waals surface area contributed by atoms with Crippen LogP contribution >= 0.6 is 0 Å². The summed E-state index contributed by atoms with van der Waals surface area (Å²) in [6, 6.07) is 9.24. The van der Waals surface area contributed by atoms with E-state index in [1.165, 1.54) is 4.57 Å². The molecule has 2 aromatic heterocycles. The summed E-state index contributed by atoms with van der Waals surface area (Å²) < 4.78 is 14.2. The number of nitrogens with zero attached hydrogens (tertiary/aromatic N) is 7. The number of benzene rings is 2. The molecular formula is C30H39N7O4. The number of likely N-dealkylation sites (N-methyl/N-ethyl adjacent to an activating group) is 2. The first kappa shape index (κ1) is 28.4. The Balaban J connectivity index is 1.51. The van der Waals surface area contributed by atoms with Crippen molar-refractivity contribution in [3.63, 3.8) is 0 Å². The Bertz CT molecular complexity index is 1700. The lowest BCUT2D eigenvalue weighted by Gasteiger charge is -2.34. The van der Waals surface area contributed by atoms with Gasteiger partial charge in [-0.2, -0.15) is 4.98 Å². The third-order valence-electron chi connectivity index (χ3n) is 7.98. The Hall–Kier alpha value is -4.12. The van der Waals surface area contributed by atoms with Gasteiger partial charge in [-0.05, 0) is 52.1 Å². The molecular weight excluding hydrogens is 522 g/mol. The van der Waals surface area contributed by atoms with Crippen LogP contribution in [0.15, 0.2) is 39.9 Å². The molecule has 0 bridgehead atoms. The molecule has 1 fully saturated rings. The zero-order valence-corrected chi connectivity index (χ0v) is 25.0. The highest BCUT2D eigenvalue weighted by atomic mass is 16.5. The van der Waals surface area contributed by atoms with Crippen molar-refractivity contribution in [2.45, 2.75) is 25.8 Å². The predicted octanol–water partition coefficient (Wildman–Crippen LogP) is 2.81. The summed E-state index contributed by atoms with van der Waals surface area (Å²) in [5.74, 6) is 2.64. The first-order valence-corrected chi connectivity index (χ1v) is 13.9. The molecule has 1 aliphatic rings. The maximum Gasteiger partial charge on any atom is 0.331 e. The molecule has 0 unspecified atom stereocenters. The number of aromatic nitrogens is 4. The van der Waals surface area contributed by atoms with Gasteiger partial charge in [0.15, 0.2) is 11.5 Å². The summed E-state index contributed by atoms with van der Waals surface area (Å²) in [5.41, 5.74) is 1.90. The van der Waals surface area contributed by atoms with Crippen molar-refractivity contribution in [3.05, 3.63) is 56.7 Å². The molecule has 3 heterocycles. The molecule has 0 amide bonds. The van der Waals surface area contributed by atoms with Crippen molar-refractivity contribution in [2.24, 2.45) is 7.05 Å². The van der Waals surface area contributed by atoms with Crippen molar-refractivity contribution in [1.29, 1.82) is 0 Å². The molecule has 0 saturated carbocycles. The van der Waals surface area contributed by atoms with E-state index in [-0.39, 0.29) is 17.3 Å². The van der Waals surface area contributed by atoms with E-state index in [0.29, 0.717) is 54.3 Å². The van der Waals surface area contributed by atoms with Crippen LogP contribution in [0.2, 0.25) is 0 Å². The molecule has 0 aliphatic carbocycles. The van der Waals surface area contributed by atoms with Gasteiger partial charge in [0.05, 0.1) is 30.6 Å². The summed E-state index contributed by atoms with van der Waals surface area (Å²) in [6.45, 7) is 4.84. The van der Waals surface area contributed by atoms with Crippen molar-refractivity contribution in [1.82, 2.24) is 24.0 Å². The van der Waals surface area contributed by atoms with E-state index >= 15 is 0 Å². The number of hydrogen-bond donors (Lipinski definition) is 0. The summed E-state index contributed by atoms with van der Waals surface area (Å²) in [4.78, 5) is 43.1. The molecule has 0 spiro atoms. The topological polar surface area (TPSA) is 98.0 Å². The number of anilines is 2. The number of ether oxygens (including phenoxy) is 2. The average Bonchev–Trinajstić information content (AvgIpc) is 2.97. The minimum absolute atomic E-state index is 0.202. The monoisotopic (exact) mass is 561 g/mol. The fourth-order valence-corrected chi connectivity index (χ4v) is 5.54. The van der Waals surface area contributed by atoms with Crippen LogP contribution in [0.25, 0.3) is 21.8 Å². The van der Waals surface area contributed by atoms with E-state index in [1.54, 1.807) is 25.8 Å². The van der Waals surface area contributed by atoms with Crippen LogP contribution in [0.1, 0.15) is 24.4 Å². The third kappa shape index (κ3) is 5.33. The van der Waals surface area contributed by atoms with Gasteiger partial charge in [-0.3, -0.25) is 13.9 Å². The SMILES string of the molecule is COc1cc2nc(N(C)CCN(C)C)nc(N3CCC(n4c(=O)c5cc(C)ccc5n(C)c4=O)CC3)c2cc1OC. The van der Waals surface area contributed by atoms with Gasteiger partial charge in [-0.15, -0.1) is 0 Å². The van der Waals surface area contributed by atoms with Crippen LogP contribution in [0.3, 0.4) is 0 Å². The van der Waals surface area contributed by atoms with Gasteiger partial charge in [-0.1, -0.05) is 11.6 Å². The Morgan fingerprint density at radius 2 is 1.61 bits per heavy atom. The first-order chi connectivity index (χ1) is 19.6. The molecule has 0 atom stereocenters. The summed E-state index contributed by atoms with van der Waals surface area (Å²) in [7, 11) is 11.0. The molecule has 0 N–H and O–H groups in total. The highest BCUT2D eigenvalue weighted by molar-refractivity contribution is 5.93. The Labute approximate surface area is 239 Å². The number of fused-ring (bicyclic) bond motifs is 2. The fourth-order valence-electron chi connectivity index (χ4n) is 5.54. The molecule has 41 heavy (non-hydrogen) atoms. The van der Waals surface area contributed by atoms with Gasteiger partial charge in [-0.25, -0.2) is 9.78 Å². The molecule has 218 valence electrons. The third-order valence-corrected chi connectivity index (χ3v) is 7.98. The summed E-state index contributed by atoms with van der Waals surface area (Å²) in [5, 5.41) is 1.43. The standard InChI is InChI=1S/C30H39N7O4/c1-19-8-9-24-22(16-19)28(38)37(30(39)35(24)5)20-10-12-36(13-11-20)27-21-17-25(40-6)26(41-7)18-23(21)31-29(32-27)34(4)15-14-33(2)3/h8-9,16-18,20H,10-15H2,1-7H3. The molecule has 11 heteroatoms. The van der Waals surface area contributed by atoms with Gasteiger partial charge < -0.3 is 24.2 Å². The largest absolute Gasteiger partial charge is 0.493 e. The molecule has 0 radical (unpaired) electrons. The quantitative estimate of drug-likeness (QED) is 0.322. The van der Waals surface area contributed by atoms with Gasteiger partial charge in [0, 0.05) is 57.8 Å². The minimum Gasteiger partial charge on any atom is -0.493 e. The van der Waals surface area contributed by atoms with Crippen LogP contribution in [0, 0.1) is 6.92 Å². The second-order valence-electron chi connectivity index (χ2n) is 11.1. The van der Waals surface area contributed by atoms with E-state index in [0.717, 1.165) is 35.4 Å². The van der Waals surface area contributed by atoms with E-state index in [4.69, 9.17) is 19.4 Å². The van der Waals surface area contributed by atoms with E-state index in [2.05, 4.69) is 9.80 Å². The van der Waals surface area contributed by atoms with Crippen LogP contribution in [-0.4, -0.2) is 85.5 Å². The van der Waals surface area contributed by atoms with Crippen molar-refractivity contribution in [3.8, 4) is 11.5 Å². The van der Waals surface area contributed by atoms with Crippen LogP contribution in [-0.2, 0) is 7.05 Å². The molecule has 5 rings (SSSR count). The molecule has 1 aliphatic heterocycles. The predicted molar refractivity (Wildman–Crippen MR) is 163 cm³/mol. The lowest BCUT2D eigenvalue weighted by molar-refractivity contribution is 0.355. The van der Waals surface area contributed by atoms with Gasteiger partial charge in [0.2, 0.25) is 5.95 Å². The molecule has 11 nitrogen and oxygen atoms in total. The molecule has 4 aromatic rings. The minimum atomic E-state index is -0.279. The number of piperidine rings is 1. The maximum atomic E-state index is 13.5. The van der Waals surface area contributed by atoms with Crippen molar-refractivity contribution >= 4 is 33.6 Å². The van der Waals surface area contributed by atoms with Crippen molar-refractivity contribution in [2.75, 3.05) is 71.3 Å². The Kier molecular flexibility index (Phi) is 7.90. The molecule has 2 aromatic carbocycles. The lowest BCUT2D eigenvalue weighted by Crippen LogP contribution is -2.45. The Morgan fingerprint density at radius 3 is 2.27 bits per heavy atom. The highest BCUT2D eigenvalue weighted by Gasteiger charge is 2.27. The first-order valence-electron chi connectivity index (χ1n) is 13.9. The smallest absolute Gasteiger partial charge is 0.331 e. The van der Waals surface area contributed by atoms with Gasteiger partial charge in [0.1, 0.15) is 5.82 Å². The van der Waals surface area contributed by atoms with E-state index in [1.807, 2.05) is 63.3 Å². The van der Waals surface area contributed by atoms with E-state index < -0.39 is 0 Å². The van der Waals surface area contributed by atoms with Crippen LogP contribution < -0.4 is 30.5 Å². The highest BCUT2D eigenvalue weighted by Crippen LogP contribution is 2.37. The lowest BCUT2D eigenvalue weighted by atomic mass is 10.0. The molecule has 1 saturated heterocycles. The maximum absolute atomic E-state index is 13.5. The summed E-state index contributed by atoms with van der Waals surface area (Å²) in [6.07, 6.45) is 1.27. The summed E-state index contributed by atoms with van der Waals surface area (Å²) >= 11 is 0. The van der Waals surface area contributed by atoms with Gasteiger partial charge in [0.25, 0.3) is 5.56 Å². The van der Waals surface area contributed by atoms with Crippen molar-refractivity contribution < 1.29 is 9.47 Å². The van der Waals surface area contributed by atoms with E-state index in [9.17, 15) is 9.59 Å².